The van der Waals surface area contributed by atoms with Crippen molar-refractivity contribution >= 4 is 0 Å². The Morgan fingerprint density at radius 3 is 2.56 bits per heavy atom. The number of aliphatic hydroxyl groups excluding tert-OH is 2. The number of methoxy groups -OCH3 is 1. The van der Waals surface area contributed by atoms with Gasteiger partial charge in [0, 0.05) is 19.3 Å². The average molecular weight is 344 g/mol. The third kappa shape index (κ3) is 4.72. The molecule has 1 aliphatic rings. The van der Waals surface area contributed by atoms with Crippen LogP contribution in [0.15, 0.2) is 48.5 Å². The smallest absolute Gasteiger partial charge is 0.202 e. The normalized spacial score (nSPS) is 23.2. The molecule has 3 atom stereocenters. The maximum Gasteiger partial charge on any atom is 0.202 e. The molecule has 1 fully saturated rings. The van der Waals surface area contributed by atoms with Gasteiger partial charge in [-0.25, -0.2) is 0 Å². The molecule has 0 bridgehead atoms. The zero-order chi connectivity index (χ0) is 17.6. The molecule has 5 nitrogen and oxygen atoms in total. The molecule has 0 amide bonds. The number of hydrogen-bond donors (Lipinski definition) is 2. The Balaban J connectivity index is 1.71. The molecule has 0 saturated carbocycles. The Kier molecular flexibility index (Phi) is 5.91. The van der Waals surface area contributed by atoms with Crippen molar-refractivity contribution < 1.29 is 24.4 Å². The van der Waals surface area contributed by atoms with Gasteiger partial charge >= 0.3 is 0 Å². The summed E-state index contributed by atoms with van der Waals surface area (Å²) in [5.41, 5.74) is 2.19. The fourth-order valence-electron chi connectivity index (χ4n) is 3.01. The van der Waals surface area contributed by atoms with E-state index in [1.54, 1.807) is 7.11 Å². The molecule has 25 heavy (non-hydrogen) atoms. The van der Waals surface area contributed by atoms with Gasteiger partial charge in [0.25, 0.3) is 0 Å². The average Bonchev–Trinajstić information content (AvgIpc) is 2.63. The second kappa shape index (κ2) is 8.34. The lowest BCUT2D eigenvalue weighted by molar-refractivity contribution is -0.184. The van der Waals surface area contributed by atoms with Crippen LogP contribution < -0.4 is 9.47 Å². The van der Waals surface area contributed by atoms with Gasteiger partial charge in [-0.2, -0.15) is 0 Å². The summed E-state index contributed by atoms with van der Waals surface area (Å²) in [6, 6.07) is 15.7. The summed E-state index contributed by atoms with van der Waals surface area (Å²) < 4.78 is 16.9. The first-order valence-electron chi connectivity index (χ1n) is 8.50. The minimum absolute atomic E-state index is 0.121. The highest BCUT2D eigenvalue weighted by Gasteiger charge is 2.29. The molecule has 2 N–H and O–H groups in total. The minimum Gasteiger partial charge on any atom is -0.497 e. The van der Waals surface area contributed by atoms with Crippen molar-refractivity contribution in [2.75, 3.05) is 13.7 Å². The third-order valence-corrected chi connectivity index (χ3v) is 4.33. The maximum atomic E-state index is 9.93. The molecular weight excluding hydrogens is 320 g/mol. The lowest BCUT2D eigenvalue weighted by Crippen LogP contribution is -2.40. The first-order valence-corrected chi connectivity index (χ1v) is 8.50. The molecule has 0 aliphatic carbocycles. The van der Waals surface area contributed by atoms with E-state index in [9.17, 15) is 10.2 Å². The van der Waals surface area contributed by atoms with Gasteiger partial charge < -0.3 is 24.4 Å². The van der Waals surface area contributed by atoms with Crippen molar-refractivity contribution in [1.82, 2.24) is 0 Å². The monoisotopic (exact) mass is 344 g/mol. The van der Waals surface area contributed by atoms with Crippen molar-refractivity contribution in [3.63, 3.8) is 0 Å². The van der Waals surface area contributed by atoms with E-state index >= 15 is 0 Å². The van der Waals surface area contributed by atoms with Gasteiger partial charge in [0.05, 0.1) is 25.9 Å². The largest absolute Gasteiger partial charge is 0.497 e. The van der Waals surface area contributed by atoms with Gasteiger partial charge in [-0.15, -0.1) is 0 Å². The zero-order valence-corrected chi connectivity index (χ0v) is 14.3. The Hall–Kier alpha value is -2.08. The van der Waals surface area contributed by atoms with Gasteiger partial charge in [0.15, 0.2) is 0 Å². The molecule has 2 aromatic rings. The van der Waals surface area contributed by atoms with E-state index < -0.39 is 12.4 Å². The Bertz CT molecular complexity index is 670. The first-order chi connectivity index (χ1) is 12.2. The highest BCUT2D eigenvalue weighted by atomic mass is 16.7. The fraction of sp³-hybridized carbons (Fsp3) is 0.400. The summed E-state index contributed by atoms with van der Waals surface area (Å²) >= 11 is 0. The Morgan fingerprint density at radius 2 is 1.84 bits per heavy atom. The van der Waals surface area contributed by atoms with Gasteiger partial charge in [-0.05, 0) is 29.3 Å². The molecule has 2 unspecified atom stereocenters. The van der Waals surface area contributed by atoms with Gasteiger partial charge in [0.2, 0.25) is 6.29 Å². The molecule has 134 valence electrons. The number of para-hydroxylation sites is 1. The lowest BCUT2D eigenvalue weighted by atomic mass is 10.0. The molecule has 0 spiro atoms. The Morgan fingerprint density at radius 1 is 1.08 bits per heavy atom. The predicted molar refractivity (Wildman–Crippen MR) is 93.9 cm³/mol. The van der Waals surface area contributed by atoms with Crippen LogP contribution in [-0.2, 0) is 11.2 Å². The molecule has 0 radical (unpaired) electrons. The molecular formula is C20H24O5. The zero-order valence-electron chi connectivity index (χ0n) is 14.3. The Labute approximate surface area is 147 Å². The second-order valence-electron chi connectivity index (χ2n) is 6.25. The van der Waals surface area contributed by atoms with Crippen LogP contribution in [0.3, 0.4) is 0 Å². The first kappa shape index (κ1) is 17.7. The van der Waals surface area contributed by atoms with Crippen molar-refractivity contribution in [1.29, 1.82) is 0 Å². The lowest BCUT2D eigenvalue weighted by Gasteiger charge is -2.32. The van der Waals surface area contributed by atoms with Crippen LogP contribution in [-0.4, -0.2) is 42.4 Å². The summed E-state index contributed by atoms with van der Waals surface area (Å²) in [5, 5.41) is 19.2. The fourth-order valence-corrected chi connectivity index (χ4v) is 3.01. The van der Waals surface area contributed by atoms with Crippen LogP contribution >= 0.6 is 0 Å². The molecule has 2 aromatic carbocycles. The number of aliphatic hydroxyl groups is 2. The van der Waals surface area contributed by atoms with Crippen molar-refractivity contribution in [2.45, 2.75) is 37.8 Å². The summed E-state index contributed by atoms with van der Waals surface area (Å²) in [4.78, 5) is 0. The topological polar surface area (TPSA) is 68.2 Å². The minimum atomic E-state index is -0.557. The van der Waals surface area contributed by atoms with Gasteiger partial charge in [0.1, 0.15) is 11.5 Å². The van der Waals surface area contributed by atoms with Crippen LogP contribution in [0.5, 0.6) is 11.5 Å². The summed E-state index contributed by atoms with van der Waals surface area (Å²) in [5.74, 6) is 1.56. The standard InChI is InChI=1S/C20H24O5/c1-23-17-8-6-14(7-9-17)10-15-4-2-3-5-19(15)25-20-12-16(22)11-18(13-21)24-20/h2-9,16,18,20-22H,10-13H2,1H3/t16?,18-,20?/m0/s1. The molecule has 1 saturated heterocycles. The number of benzene rings is 2. The van der Waals surface area contributed by atoms with Crippen LogP contribution in [0.1, 0.15) is 24.0 Å². The van der Waals surface area contributed by atoms with Crippen molar-refractivity contribution in [3.05, 3.63) is 59.7 Å². The van der Waals surface area contributed by atoms with Gasteiger partial charge in [-0.3, -0.25) is 0 Å². The van der Waals surface area contributed by atoms with Crippen LogP contribution in [0.2, 0.25) is 0 Å². The number of hydrogen-bond acceptors (Lipinski definition) is 5. The van der Waals surface area contributed by atoms with E-state index in [2.05, 4.69) is 0 Å². The number of rotatable bonds is 6. The van der Waals surface area contributed by atoms with Crippen LogP contribution in [0.4, 0.5) is 0 Å². The highest BCUT2D eigenvalue weighted by molar-refractivity contribution is 5.39. The van der Waals surface area contributed by atoms with E-state index in [1.807, 2.05) is 48.5 Å². The van der Waals surface area contributed by atoms with Crippen LogP contribution in [0, 0.1) is 0 Å². The van der Waals surface area contributed by atoms with E-state index in [0.29, 0.717) is 12.8 Å². The molecule has 5 heteroatoms. The van der Waals surface area contributed by atoms with Crippen molar-refractivity contribution in [2.24, 2.45) is 0 Å². The highest BCUT2D eigenvalue weighted by Crippen LogP contribution is 2.27. The van der Waals surface area contributed by atoms with E-state index in [-0.39, 0.29) is 12.7 Å². The van der Waals surface area contributed by atoms with Gasteiger partial charge in [-0.1, -0.05) is 30.3 Å². The predicted octanol–water partition coefficient (Wildman–Crippen LogP) is 2.52. The SMILES string of the molecule is COc1ccc(Cc2ccccc2OC2CC(O)C[C@@H](CO)O2)cc1. The quantitative estimate of drug-likeness (QED) is 0.843. The maximum absolute atomic E-state index is 9.93. The molecule has 1 heterocycles. The summed E-state index contributed by atoms with van der Waals surface area (Å²) in [6.07, 6.45) is 0.0842. The van der Waals surface area contributed by atoms with Crippen LogP contribution in [0.25, 0.3) is 0 Å². The summed E-state index contributed by atoms with van der Waals surface area (Å²) in [6.45, 7) is -0.121. The summed E-state index contributed by atoms with van der Waals surface area (Å²) in [7, 11) is 1.65. The molecule has 3 rings (SSSR count). The van der Waals surface area contributed by atoms with E-state index in [4.69, 9.17) is 14.2 Å². The molecule has 0 aromatic heterocycles. The second-order valence-corrected chi connectivity index (χ2v) is 6.25. The third-order valence-electron chi connectivity index (χ3n) is 4.33. The van der Waals surface area contributed by atoms with E-state index in [0.717, 1.165) is 29.0 Å². The number of ether oxygens (including phenoxy) is 3. The van der Waals surface area contributed by atoms with Crippen molar-refractivity contribution in [3.8, 4) is 11.5 Å². The van der Waals surface area contributed by atoms with E-state index in [1.165, 1.54) is 0 Å². The molecule has 1 aliphatic heterocycles.